The third-order valence-electron chi connectivity index (χ3n) is 5.65. The van der Waals surface area contributed by atoms with Crippen LogP contribution in [-0.2, 0) is 23.9 Å². The summed E-state index contributed by atoms with van der Waals surface area (Å²) in [5, 5.41) is 2.34. The molecular weight excluding hydrogens is 456 g/mol. The number of ether oxygens (including phenoxy) is 2. The lowest BCUT2D eigenvalue weighted by Crippen LogP contribution is -2.63. The highest BCUT2D eigenvalue weighted by Crippen LogP contribution is 2.54. The Morgan fingerprint density at radius 2 is 1.88 bits per heavy atom. The van der Waals surface area contributed by atoms with Crippen molar-refractivity contribution in [2.24, 2.45) is 5.92 Å². The molecule has 2 aliphatic rings. The number of hydrogen-bond acceptors (Lipinski definition) is 7. The van der Waals surface area contributed by atoms with Crippen molar-refractivity contribution in [3.8, 4) is 0 Å². The Morgan fingerprint density at radius 1 is 1.24 bits per heavy atom. The van der Waals surface area contributed by atoms with Crippen molar-refractivity contribution in [3.63, 3.8) is 0 Å². The zero-order valence-corrected chi connectivity index (χ0v) is 21.0. The summed E-state index contributed by atoms with van der Waals surface area (Å²) < 4.78 is 9.99. The van der Waals surface area contributed by atoms with Crippen LogP contribution in [0.5, 0.6) is 0 Å². The number of esters is 1. The van der Waals surface area contributed by atoms with Gasteiger partial charge in [0.1, 0.15) is 24.3 Å². The summed E-state index contributed by atoms with van der Waals surface area (Å²) in [6.45, 7) is 12.6. The molecule has 1 aromatic carbocycles. The van der Waals surface area contributed by atoms with E-state index in [-0.39, 0.29) is 30.1 Å². The highest BCUT2D eigenvalue weighted by atomic mass is 32.2. The van der Waals surface area contributed by atoms with Gasteiger partial charge in [0.05, 0.1) is 11.3 Å². The number of β-lactam (4-membered cyclic amide) rings is 1. The number of ketones is 1. The van der Waals surface area contributed by atoms with Crippen molar-refractivity contribution in [2.75, 3.05) is 6.61 Å². The van der Waals surface area contributed by atoms with Gasteiger partial charge in [0.15, 0.2) is 5.78 Å². The maximum Gasteiger partial charge on any atom is 0.408 e. The predicted molar refractivity (Wildman–Crippen MR) is 129 cm³/mol. The largest absolute Gasteiger partial charge is 0.460 e. The number of thioether (sulfide) groups is 1. The lowest BCUT2D eigenvalue weighted by atomic mass is 9.86. The zero-order chi connectivity index (χ0) is 25.3. The molecule has 0 unspecified atom stereocenters. The molecule has 34 heavy (non-hydrogen) atoms. The van der Waals surface area contributed by atoms with Crippen LogP contribution in [0.3, 0.4) is 0 Å². The normalized spacial score (nSPS) is 23.9. The van der Waals surface area contributed by atoms with Gasteiger partial charge in [-0.05, 0) is 40.2 Å². The molecule has 0 radical (unpaired) electrons. The number of benzene rings is 1. The van der Waals surface area contributed by atoms with Crippen molar-refractivity contribution in [1.82, 2.24) is 10.2 Å². The molecule has 0 spiro atoms. The van der Waals surface area contributed by atoms with E-state index in [0.29, 0.717) is 5.56 Å². The quantitative estimate of drug-likeness (QED) is 0.339. The van der Waals surface area contributed by atoms with Gasteiger partial charge in [-0.1, -0.05) is 43.0 Å². The van der Waals surface area contributed by atoms with Crippen molar-refractivity contribution in [3.05, 3.63) is 48.6 Å². The lowest BCUT2D eigenvalue weighted by molar-refractivity contribution is -0.166. The smallest absolute Gasteiger partial charge is 0.408 e. The second-order valence-corrected chi connectivity index (χ2v) is 11.7. The second-order valence-electron chi connectivity index (χ2n) is 9.95. The third kappa shape index (κ3) is 5.46. The first kappa shape index (κ1) is 25.8. The van der Waals surface area contributed by atoms with E-state index in [4.69, 9.17) is 9.47 Å². The Bertz CT molecular complexity index is 971. The molecule has 0 bridgehead atoms. The van der Waals surface area contributed by atoms with E-state index >= 15 is 0 Å². The fraction of sp³-hybridized carbons (Fsp3) is 0.520. The molecule has 0 aliphatic carbocycles. The van der Waals surface area contributed by atoms with Gasteiger partial charge >= 0.3 is 12.1 Å². The first-order chi connectivity index (χ1) is 15.9. The number of alkyl carbamates (subject to hydrolysis) is 1. The number of carbonyl (C=O) groups excluding carboxylic acids is 4. The average Bonchev–Trinajstić information content (AvgIpc) is 3.01. The Hall–Kier alpha value is -2.81. The summed E-state index contributed by atoms with van der Waals surface area (Å²) in [4.78, 5) is 52.9. The van der Waals surface area contributed by atoms with Gasteiger partial charge in [-0.15, -0.1) is 11.8 Å². The van der Waals surface area contributed by atoms with Gasteiger partial charge in [0.2, 0.25) is 5.91 Å². The Morgan fingerprint density at radius 3 is 2.47 bits per heavy atom. The molecule has 2 aliphatic heterocycles. The summed E-state index contributed by atoms with van der Waals surface area (Å²) in [6.07, 6.45) is 0.704. The van der Waals surface area contributed by atoms with Crippen molar-refractivity contribution in [2.45, 2.75) is 68.8 Å². The molecule has 8 nitrogen and oxygen atoms in total. The summed E-state index contributed by atoms with van der Waals surface area (Å²) in [7, 11) is 0. The third-order valence-corrected chi connectivity index (χ3v) is 7.28. The van der Waals surface area contributed by atoms with E-state index in [2.05, 4.69) is 11.9 Å². The first-order valence-corrected chi connectivity index (χ1v) is 12.1. The summed E-state index contributed by atoms with van der Waals surface area (Å²) in [5.41, 5.74) is -0.118. The molecule has 0 aromatic heterocycles. The summed E-state index contributed by atoms with van der Waals surface area (Å²) in [5.74, 6) is -1.63. The van der Waals surface area contributed by atoms with E-state index in [1.54, 1.807) is 45.0 Å². The molecular formula is C25H32N2O6S. The number of rotatable bonds is 8. The number of fused-ring (bicyclic) bond motifs is 1. The molecule has 2 fully saturated rings. The SMILES string of the molecule is C=CCOC(=O)[C@@H]1N2C(=O)[C@@H](CC(=O)[C@H](NC(=O)OC(C)(C)C)c3ccccc3)[C@H]2SC1(C)C. The molecule has 3 rings (SSSR count). The minimum absolute atomic E-state index is 0.0626. The van der Waals surface area contributed by atoms with Crippen LogP contribution in [0.15, 0.2) is 43.0 Å². The van der Waals surface area contributed by atoms with Crippen LogP contribution in [-0.4, -0.2) is 57.0 Å². The van der Waals surface area contributed by atoms with Gasteiger partial charge in [0, 0.05) is 11.2 Å². The highest BCUT2D eigenvalue weighted by molar-refractivity contribution is 8.01. The molecule has 4 atom stereocenters. The van der Waals surface area contributed by atoms with E-state index in [9.17, 15) is 19.2 Å². The second kappa shape index (κ2) is 9.82. The number of amides is 2. The maximum atomic E-state index is 13.3. The zero-order valence-electron chi connectivity index (χ0n) is 20.2. The Labute approximate surface area is 204 Å². The fourth-order valence-electron chi connectivity index (χ4n) is 4.23. The first-order valence-electron chi connectivity index (χ1n) is 11.2. The highest BCUT2D eigenvalue weighted by Gasteiger charge is 2.64. The lowest BCUT2D eigenvalue weighted by Gasteiger charge is -2.44. The van der Waals surface area contributed by atoms with Crippen LogP contribution in [0.25, 0.3) is 0 Å². The van der Waals surface area contributed by atoms with Crippen molar-refractivity contribution >= 4 is 35.5 Å². The minimum Gasteiger partial charge on any atom is -0.460 e. The van der Waals surface area contributed by atoms with Crippen LogP contribution in [0, 0.1) is 5.92 Å². The number of nitrogens with zero attached hydrogens (tertiary/aromatic N) is 1. The summed E-state index contributed by atoms with van der Waals surface area (Å²) >= 11 is 1.48. The molecule has 1 N–H and O–H groups in total. The molecule has 9 heteroatoms. The molecule has 2 amide bonds. The topological polar surface area (TPSA) is 102 Å². The minimum atomic E-state index is -0.953. The van der Waals surface area contributed by atoms with E-state index in [1.807, 2.05) is 19.9 Å². The van der Waals surface area contributed by atoms with E-state index < -0.39 is 40.4 Å². The monoisotopic (exact) mass is 488 g/mol. The Kier molecular flexibility index (Phi) is 7.45. The van der Waals surface area contributed by atoms with Gasteiger partial charge in [0.25, 0.3) is 0 Å². The predicted octanol–water partition coefficient (Wildman–Crippen LogP) is 3.62. The molecule has 0 saturated carbocycles. The van der Waals surface area contributed by atoms with Crippen LogP contribution >= 0.6 is 11.8 Å². The van der Waals surface area contributed by atoms with E-state index in [1.165, 1.54) is 22.7 Å². The van der Waals surface area contributed by atoms with Gasteiger partial charge in [-0.25, -0.2) is 9.59 Å². The van der Waals surface area contributed by atoms with E-state index in [0.717, 1.165) is 0 Å². The fourth-order valence-corrected chi connectivity index (χ4v) is 5.91. The van der Waals surface area contributed by atoms with Crippen LogP contribution in [0.2, 0.25) is 0 Å². The van der Waals surface area contributed by atoms with Gasteiger partial charge in [-0.2, -0.15) is 0 Å². The van der Waals surface area contributed by atoms with Crippen molar-refractivity contribution < 1.29 is 28.7 Å². The standard InChI is InChI=1S/C25H32N2O6S/c1-7-13-32-22(30)19-25(5,6)34-21-16(20(29)27(19)21)14-17(28)18(15-11-9-8-10-12-15)26-23(31)33-24(2,3)4/h7-12,16,18-19,21H,1,13-14H2,2-6H3,(H,26,31)/t16-,18-,19+,21-/m1/s1. The average molecular weight is 489 g/mol. The number of carbonyl (C=O) groups is 4. The van der Waals surface area contributed by atoms with Gasteiger partial charge in [-0.3, -0.25) is 9.59 Å². The van der Waals surface area contributed by atoms with Gasteiger partial charge < -0.3 is 19.7 Å². The Balaban J connectivity index is 1.75. The molecule has 184 valence electrons. The maximum absolute atomic E-state index is 13.3. The van der Waals surface area contributed by atoms with Crippen molar-refractivity contribution in [1.29, 1.82) is 0 Å². The molecule has 1 aromatic rings. The number of hydrogen-bond donors (Lipinski definition) is 1. The summed E-state index contributed by atoms with van der Waals surface area (Å²) in [6, 6.07) is 7.17. The van der Waals surface area contributed by atoms with Crippen LogP contribution in [0.4, 0.5) is 4.79 Å². The van der Waals surface area contributed by atoms with Crippen LogP contribution < -0.4 is 5.32 Å². The molecule has 2 heterocycles. The number of Topliss-reactive ketones (excluding diaryl/α,β-unsaturated/α-hetero) is 1. The number of nitrogens with one attached hydrogen (secondary N) is 1. The molecule has 2 saturated heterocycles. The van der Waals surface area contributed by atoms with Crippen LogP contribution in [0.1, 0.15) is 52.6 Å².